The fourth-order valence-electron chi connectivity index (χ4n) is 10.2. The van der Waals surface area contributed by atoms with Gasteiger partial charge < -0.3 is 29.2 Å². The number of benzene rings is 2. The van der Waals surface area contributed by atoms with Gasteiger partial charge in [-0.3, -0.25) is 29.2 Å². The fraction of sp³-hybridized carbons (Fsp3) is 0.510. The van der Waals surface area contributed by atoms with E-state index < -0.39 is 64.7 Å². The van der Waals surface area contributed by atoms with Crippen LogP contribution in [-0.2, 0) is 48.0 Å². The van der Waals surface area contributed by atoms with Gasteiger partial charge in [0.1, 0.15) is 23.7 Å². The molecule has 64 heavy (non-hydrogen) atoms. The third kappa shape index (κ3) is 7.95. The van der Waals surface area contributed by atoms with Crippen molar-refractivity contribution in [3.8, 4) is 22.4 Å². The van der Waals surface area contributed by atoms with Crippen LogP contribution in [0, 0.1) is 11.3 Å². The van der Waals surface area contributed by atoms with Gasteiger partial charge in [-0.15, -0.1) is 0 Å². The number of cyclic esters (lactones) is 1. The molecule has 6 bridgehead atoms. The molecule has 4 aliphatic heterocycles. The highest BCUT2D eigenvalue weighted by atomic mass is 16.5. The Morgan fingerprint density at radius 1 is 1.02 bits per heavy atom. The number of carbonyl (C=O) groups is 5. The Labute approximate surface area is 375 Å². The number of hydrogen-bond acceptors (Lipinski definition) is 10. The van der Waals surface area contributed by atoms with Gasteiger partial charge in [0.2, 0.25) is 5.91 Å². The van der Waals surface area contributed by atoms with Gasteiger partial charge in [0, 0.05) is 74.8 Å². The van der Waals surface area contributed by atoms with Gasteiger partial charge in [0.25, 0.3) is 11.8 Å². The minimum absolute atomic E-state index is 0.104. The predicted molar refractivity (Wildman–Crippen MR) is 243 cm³/mol. The number of imide groups is 1. The minimum Gasteiger partial charge on any atom is -0.464 e. The van der Waals surface area contributed by atoms with Gasteiger partial charge in [-0.2, -0.15) is 0 Å². The number of fused-ring (bicyclic) bond motifs is 6. The SMILES string of the molecule is CCn1c(-c2cccnc2C(C)OC)c2c3cc(ccc31)-c1cccc(c1)CC(NC(=O)C(C(C)C)N1C(=O)N(C)C3(CN(C)C3)C1=O)C(=O)N1CCC[C@H](N1)C(=O)OCC(C)(C)C2. The van der Waals surface area contributed by atoms with Crippen LogP contribution in [0.5, 0.6) is 0 Å². The van der Waals surface area contributed by atoms with Crippen molar-refractivity contribution in [3.05, 3.63) is 77.6 Å². The van der Waals surface area contributed by atoms with Crippen molar-refractivity contribution in [1.82, 2.24) is 40.0 Å². The Kier molecular flexibility index (Phi) is 12.2. The summed E-state index contributed by atoms with van der Waals surface area (Å²) >= 11 is 0. The molecule has 8 rings (SSSR count). The molecular weight excluding hydrogens is 813 g/mol. The summed E-state index contributed by atoms with van der Waals surface area (Å²) < 4.78 is 14.3. The topological polar surface area (TPSA) is 159 Å². The number of amides is 5. The Morgan fingerprint density at radius 3 is 2.47 bits per heavy atom. The molecule has 2 aromatic carbocycles. The summed E-state index contributed by atoms with van der Waals surface area (Å²) in [7, 11) is 5.17. The number of aromatic nitrogens is 2. The molecule has 2 aromatic heterocycles. The molecule has 15 heteroatoms. The van der Waals surface area contributed by atoms with Crippen molar-refractivity contribution < 1.29 is 33.4 Å². The van der Waals surface area contributed by atoms with Gasteiger partial charge >= 0.3 is 12.0 Å². The largest absolute Gasteiger partial charge is 0.464 e. The second-order valence-electron chi connectivity index (χ2n) is 19.3. The molecule has 5 amide bonds. The van der Waals surface area contributed by atoms with Crippen molar-refractivity contribution in [2.75, 3.05) is 47.4 Å². The molecule has 340 valence electrons. The zero-order chi connectivity index (χ0) is 45.8. The summed E-state index contributed by atoms with van der Waals surface area (Å²) in [6.45, 7) is 13.8. The first-order chi connectivity index (χ1) is 30.5. The number of urea groups is 1. The maximum atomic E-state index is 14.7. The molecular formula is C49H62N8O7. The number of nitrogens with zero attached hydrogens (tertiary/aromatic N) is 6. The van der Waals surface area contributed by atoms with Crippen LogP contribution in [-0.4, -0.2) is 130 Å². The minimum atomic E-state index is -1.16. The van der Waals surface area contributed by atoms with Crippen molar-refractivity contribution in [2.24, 2.45) is 11.3 Å². The standard InChI is InChI=1S/C49H62N8O7/c1-10-55-39-19-18-33-24-35(39)36(42(55)34-16-12-20-50-40(34)30(4)63-9)25-48(5,6)28-64-45(60)37-17-13-21-56(52-37)44(59)38(23-31-14-11-15-32(33)22-31)51-43(58)41(29(2)3)57-46(61)49(26-53(7)27-49)54(8)47(57)62/h11-12,14-16,18-20,22,24,29-30,37-38,41,52H,10,13,17,21,23,25-28H2,1-9H3,(H,51,58)/t30?,37-,38?,41?/m0/s1. The third-order valence-corrected chi connectivity index (χ3v) is 13.6. The highest BCUT2D eigenvalue weighted by Crippen LogP contribution is 2.42. The first-order valence-corrected chi connectivity index (χ1v) is 22.6. The van der Waals surface area contributed by atoms with Gasteiger partial charge in [0.05, 0.1) is 24.1 Å². The zero-order valence-corrected chi connectivity index (χ0v) is 38.6. The molecule has 4 atom stereocenters. The van der Waals surface area contributed by atoms with Crippen LogP contribution in [0.3, 0.4) is 0 Å². The lowest BCUT2D eigenvalue weighted by molar-refractivity contribution is -0.155. The fourth-order valence-corrected chi connectivity index (χ4v) is 10.2. The molecule has 4 aliphatic rings. The number of aryl methyl sites for hydroxylation is 1. The average Bonchev–Trinajstić information content (AvgIpc) is 3.67. The van der Waals surface area contributed by atoms with E-state index in [9.17, 15) is 24.0 Å². The number of rotatable bonds is 8. The van der Waals surface area contributed by atoms with Gasteiger partial charge in [0.15, 0.2) is 0 Å². The predicted octanol–water partition coefficient (Wildman–Crippen LogP) is 5.35. The molecule has 4 aromatic rings. The van der Waals surface area contributed by atoms with E-state index in [1.54, 1.807) is 34.2 Å². The number of esters is 1. The smallest absolute Gasteiger partial charge is 0.328 e. The Balaban J connectivity index is 1.22. The lowest BCUT2D eigenvalue weighted by Gasteiger charge is -2.47. The molecule has 1 spiro atoms. The summed E-state index contributed by atoms with van der Waals surface area (Å²) in [5, 5.41) is 5.48. The number of hydrazine groups is 1. The van der Waals surface area contributed by atoms with Gasteiger partial charge in [-0.1, -0.05) is 58.0 Å². The van der Waals surface area contributed by atoms with Crippen molar-refractivity contribution in [1.29, 1.82) is 0 Å². The van der Waals surface area contributed by atoms with Crippen LogP contribution in [0.15, 0.2) is 60.8 Å². The van der Waals surface area contributed by atoms with E-state index in [0.29, 0.717) is 45.4 Å². The Morgan fingerprint density at radius 2 is 1.77 bits per heavy atom. The summed E-state index contributed by atoms with van der Waals surface area (Å²) in [6, 6.07) is 14.9. The van der Waals surface area contributed by atoms with Crippen LogP contribution < -0.4 is 10.7 Å². The van der Waals surface area contributed by atoms with Crippen LogP contribution >= 0.6 is 0 Å². The molecule has 0 aliphatic carbocycles. The first-order valence-electron chi connectivity index (χ1n) is 22.6. The Hall–Kier alpha value is -5.64. The molecule has 3 unspecified atom stereocenters. The maximum absolute atomic E-state index is 14.7. The molecule has 0 radical (unpaired) electrons. The number of pyridine rings is 1. The van der Waals surface area contributed by atoms with Crippen molar-refractivity contribution in [3.63, 3.8) is 0 Å². The highest BCUT2D eigenvalue weighted by Gasteiger charge is 2.63. The van der Waals surface area contributed by atoms with E-state index in [0.717, 1.165) is 55.0 Å². The number of carbonyl (C=O) groups excluding carboxylic acids is 5. The maximum Gasteiger partial charge on any atom is 0.328 e. The van der Waals surface area contributed by atoms with E-state index in [2.05, 4.69) is 60.3 Å². The normalized spacial score (nSPS) is 22.4. The van der Waals surface area contributed by atoms with E-state index in [1.807, 2.05) is 49.2 Å². The molecule has 2 N–H and O–H groups in total. The van der Waals surface area contributed by atoms with Crippen LogP contribution in [0.1, 0.15) is 77.3 Å². The average molecular weight is 875 g/mol. The van der Waals surface area contributed by atoms with Crippen LogP contribution in [0.2, 0.25) is 0 Å². The monoisotopic (exact) mass is 874 g/mol. The van der Waals surface area contributed by atoms with E-state index in [-0.39, 0.29) is 19.1 Å². The lowest BCUT2D eigenvalue weighted by Crippen LogP contribution is -2.70. The number of likely N-dealkylation sites (tertiary alicyclic amines) is 1. The number of likely N-dealkylation sites (N-methyl/N-ethyl adjacent to an activating group) is 2. The zero-order valence-electron chi connectivity index (χ0n) is 38.6. The van der Waals surface area contributed by atoms with Crippen LogP contribution in [0.4, 0.5) is 4.79 Å². The molecule has 15 nitrogen and oxygen atoms in total. The summed E-state index contributed by atoms with van der Waals surface area (Å²) in [5.41, 5.74) is 9.32. The molecule has 3 saturated heterocycles. The van der Waals surface area contributed by atoms with Crippen molar-refractivity contribution >= 4 is 40.6 Å². The highest BCUT2D eigenvalue weighted by molar-refractivity contribution is 6.11. The number of hydrogen-bond donors (Lipinski definition) is 2. The molecule has 3 fully saturated rings. The number of ether oxygens (including phenoxy) is 2. The molecule has 6 heterocycles. The number of nitrogens with one attached hydrogen (secondary N) is 2. The second-order valence-corrected chi connectivity index (χ2v) is 19.3. The summed E-state index contributed by atoms with van der Waals surface area (Å²) in [5.74, 6) is -2.38. The van der Waals surface area contributed by atoms with Gasteiger partial charge in [-0.05, 0) is 92.6 Å². The summed E-state index contributed by atoms with van der Waals surface area (Å²) in [6.07, 6.45) is 3.21. The van der Waals surface area contributed by atoms with E-state index in [1.165, 1.54) is 9.91 Å². The number of methoxy groups -OCH3 is 1. The third-order valence-electron chi connectivity index (χ3n) is 13.6. The second kappa shape index (κ2) is 17.4. The van der Waals surface area contributed by atoms with Gasteiger partial charge in [-0.25, -0.2) is 15.1 Å². The van der Waals surface area contributed by atoms with Crippen LogP contribution in [0.25, 0.3) is 33.3 Å². The Bertz CT molecular complexity index is 2490. The molecule has 0 saturated carbocycles. The lowest BCUT2D eigenvalue weighted by atomic mass is 9.84. The summed E-state index contributed by atoms with van der Waals surface area (Å²) in [4.78, 5) is 80.3. The van der Waals surface area contributed by atoms with Crippen molar-refractivity contribution in [2.45, 2.75) is 104 Å². The van der Waals surface area contributed by atoms with E-state index in [4.69, 9.17) is 14.5 Å². The van der Waals surface area contributed by atoms with E-state index >= 15 is 0 Å². The first kappa shape index (κ1) is 44.9. The quantitative estimate of drug-likeness (QED) is 0.175.